The Labute approximate surface area is 105 Å². The highest BCUT2D eigenvalue weighted by atomic mass is 16.3. The van der Waals surface area contributed by atoms with E-state index in [9.17, 15) is 5.11 Å². The summed E-state index contributed by atoms with van der Waals surface area (Å²) in [6, 6.07) is 8.41. The van der Waals surface area contributed by atoms with Crippen LogP contribution in [0.25, 0.3) is 0 Å². The molecule has 1 N–H and O–H groups in total. The van der Waals surface area contributed by atoms with E-state index >= 15 is 0 Å². The third kappa shape index (κ3) is 3.47. The molecule has 0 bridgehead atoms. The number of rotatable bonds is 3. The second-order valence-electron chi connectivity index (χ2n) is 6.09. The number of hydrogen-bond acceptors (Lipinski definition) is 2. The first-order valence-electron chi connectivity index (χ1n) is 6.19. The minimum absolute atomic E-state index is 0.0837. The molecule has 96 valence electrons. The van der Waals surface area contributed by atoms with E-state index in [4.69, 9.17) is 0 Å². The van der Waals surface area contributed by atoms with Crippen LogP contribution in [0.3, 0.4) is 0 Å². The molecule has 2 heteroatoms. The molecular formula is C15H25NO. The van der Waals surface area contributed by atoms with Crippen LogP contribution in [0.15, 0.2) is 24.3 Å². The maximum absolute atomic E-state index is 10.3. The van der Waals surface area contributed by atoms with Gasteiger partial charge in [0.2, 0.25) is 0 Å². The van der Waals surface area contributed by atoms with Gasteiger partial charge in [-0.2, -0.15) is 0 Å². The number of benzene rings is 1. The molecule has 0 saturated heterocycles. The summed E-state index contributed by atoms with van der Waals surface area (Å²) < 4.78 is 0. The highest BCUT2D eigenvalue weighted by Gasteiger charge is 2.28. The largest absolute Gasteiger partial charge is 0.392 e. The van der Waals surface area contributed by atoms with Gasteiger partial charge >= 0.3 is 0 Å². The monoisotopic (exact) mass is 235 g/mol. The van der Waals surface area contributed by atoms with Crippen LogP contribution in [0.4, 0.5) is 5.69 Å². The van der Waals surface area contributed by atoms with Crippen LogP contribution in [0.5, 0.6) is 0 Å². The summed E-state index contributed by atoms with van der Waals surface area (Å²) in [4.78, 5) is 2.08. The summed E-state index contributed by atoms with van der Waals surface area (Å²) in [5, 5.41) is 10.3. The molecule has 0 saturated carbocycles. The smallest absolute Gasteiger partial charge is 0.0654 e. The van der Waals surface area contributed by atoms with E-state index < -0.39 is 0 Å². The van der Waals surface area contributed by atoms with Crippen molar-refractivity contribution >= 4 is 5.69 Å². The predicted octanol–water partition coefficient (Wildman–Crippen LogP) is 3.26. The Kier molecular flexibility index (Phi) is 4.21. The van der Waals surface area contributed by atoms with Crippen LogP contribution >= 0.6 is 0 Å². The first-order valence-corrected chi connectivity index (χ1v) is 6.19. The number of aliphatic hydroxyl groups is 1. The van der Waals surface area contributed by atoms with Crippen molar-refractivity contribution in [2.75, 3.05) is 19.0 Å². The lowest BCUT2D eigenvalue weighted by Gasteiger charge is -2.31. The van der Waals surface area contributed by atoms with Gasteiger partial charge in [-0.25, -0.2) is 0 Å². The molecule has 0 radical (unpaired) electrons. The molecular weight excluding hydrogens is 210 g/mol. The lowest BCUT2D eigenvalue weighted by atomic mass is 9.79. The Hall–Kier alpha value is -1.02. The highest BCUT2D eigenvalue weighted by Crippen LogP contribution is 2.31. The summed E-state index contributed by atoms with van der Waals surface area (Å²) in [5.41, 5.74) is 2.30. The first kappa shape index (κ1) is 14.0. The van der Waals surface area contributed by atoms with E-state index in [2.05, 4.69) is 56.9 Å². The second-order valence-corrected chi connectivity index (χ2v) is 6.09. The number of anilines is 1. The number of aliphatic hydroxyl groups excluding tert-OH is 1. The van der Waals surface area contributed by atoms with Crippen LogP contribution in [0.2, 0.25) is 0 Å². The summed E-state index contributed by atoms with van der Waals surface area (Å²) in [5.74, 6) is 0.159. The average Bonchev–Trinajstić information content (AvgIpc) is 2.26. The SMILES string of the molecule is CC(c1ccc(N(C)C)cc1)C(O)C(C)(C)C. The molecule has 0 amide bonds. The van der Waals surface area contributed by atoms with Crippen molar-refractivity contribution in [3.8, 4) is 0 Å². The third-order valence-corrected chi connectivity index (χ3v) is 3.30. The highest BCUT2D eigenvalue weighted by molar-refractivity contribution is 5.46. The maximum Gasteiger partial charge on any atom is 0.0654 e. The van der Waals surface area contributed by atoms with Crippen LogP contribution in [-0.2, 0) is 0 Å². The fourth-order valence-corrected chi connectivity index (χ4v) is 2.01. The Morgan fingerprint density at radius 3 is 1.88 bits per heavy atom. The third-order valence-electron chi connectivity index (χ3n) is 3.30. The van der Waals surface area contributed by atoms with E-state index in [1.165, 1.54) is 11.3 Å². The molecule has 0 aliphatic rings. The minimum atomic E-state index is -0.326. The van der Waals surface area contributed by atoms with Gasteiger partial charge in [0, 0.05) is 25.7 Å². The molecule has 0 aromatic heterocycles. The summed E-state index contributed by atoms with van der Waals surface area (Å²) in [6.07, 6.45) is -0.326. The van der Waals surface area contributed by atoms with Crippen molar-refractivity contribution < 1.29 is 5.11 Å². The van der Waals surface area contributed by atoms with Gasteiger partial charge in [-0.05, 0) is 23.1 Å². The molecule has 1 aromatic rings. The molecule has 0 heterocycles. The Morgan fingerprint density at radius 2 is 1.53 bits per heavy atom. The molecule has 1 rings (SSSR count). The van der Waals surface area contributed by atoms with Gasteiger partial charge < -0.3 is 10.0 Å². The quantitative estimate of drug-likeness (QED) is 0.869. The second kappa shape index (κ2) is 5.09. The number of hydrogen-bond donors (Lipinski definition) is 1. The zero-order valence-corrected chi connectivity index (χ0v) is 11.9. The van der Waals surface area contributed by atoms with Crippen molar-refractivity contribution in [2.45, 2.75) is 39.7 Å². The van der Waals surface area contributed by atoms with Crippen LogP contribution in [0.1, 0.15) is 39.2 Å². The number of nitrogens with zero attached hydrogens (tertiary/aromatic N) is 1. The summed E-state index contributed by atoms with van der Waals surface area (Å²) >= 11 is 0. The zero-order chi connectivity index (χ0) is 13.2. The molecule has 0 aliphatic heterocycles. The van der Waals surface area contributed by atoms with Gasteiger partial charge in [0.05, 0.1) is 6.10 Å². The fraction of sp³-hybridized carbons (Fsp3) is 0.600. The van der Waals surface area contributed by atoms with E-state index in [1.807, 2.05) is 14.1 Å². The van der Waals surface area contributed by atoms with Crippen molar-refractivity contribution in [3.63, 3.8) is 0 Å². The topological polar surface area (TPSA) is 23.5 Å². The van der Waals surface area contributed by atoms with Crippen LogP contribution < -0.4 is 4.90 Å². The van der Waals surface area contributed by atoms with Gasteiger partial charge in [0.15, 0.2) is 0 Å². The fourth-order valence-electron chi connectivity index (χ4n) is 2.01. The molecule has 2 unspecified atom stereocenters. The van der Waals surface area contributed by atoms with Crippen molar-refractivity contribution in [2.24, 2.45) is 5.41 Å². The van der Waals surface area contributed by atoms with E-state index in [1.54, 1.807) is 0 Å². The van der Waals surface area contributed by atoms with E-state index in [0.717, 1.165) is 0 Å². The molecule has 2 nitrogen and oxygen atoms in total. The average molecular weight is 235 g/mol. The summed E-state index contributed by atoms with van der Waals surface area (Å²) in [7, 11) is 4.06. The molecule has 0 aliphatic carbocycles. The Morgan fingerprint density at radius 1 is 1.06 bits per heavy atom. The minimum Gasteiger partial charge on any atom is -0.392 e. The molecule has 2 atom stereocenters. The maximum atomic E-state index is 10.3. The predicted molar refractivity (Wildman–Crippen MR) is 74.6 cm³/mol. The van der Waals surface area contributed by atoms with Crippen LogP contribution in [-0.4, -0.2) is 25.3 Å². The first-order chi connectivity index (χ1) is 7.73. The van der Waals surface area contributed by atoms with Gasteiger partial charge in [0.1, 0.15) is 0 Å². The normalized spacial score (nSPS) is 15.5. The summed E-state index contributed by atoms with van der Waals surface area (Å²) in [6.45, 7) is 8.30. The van der Waals surface area contributed by atoms with E-state index in [0.29, 0.717) is 0 Å². The van der Waals surface area contributed by atoms with Crippen molar-refractivity contribution in [3.05, 3.63) is 29.8 Å². The Balaban J connectivity index is 2.87. The van der Waals surface area contributed by atoms with Gasteiger partial charge in [-0.1, -0.05) is 39.8 Å². The van der Waals surface area contributed by atoms with Crippen molar-refractivity contribution in [1.29, 1.82) is 0 Å². The van der Waals surface area contributed by atoms with Gasteiger partial charge in [-0.15, -0.1) is 0 Å². The Bertz CT molecular complexity index is 348. The van der Waals surface area contributed by atoms with E-state index in [-0.39, 0.29) is 17.4 Å². The molecule has 0 fully saturated rings. The molecule has 0 spiro atoms. The van der Waals surface area contributed by atoms with Gasteiger partial charge in [0.25, 0.3) is 0 Å². The molecule has 17 heavy (non-hydrogen) atoms. The van der Waals surface area contributed by atoms with Gasteiger partial charge in [-0.3, -0.25) is 0 Å². The lowest BCUT2D eigenvalue weighted by molar-refractivity contribution is 0.0434. The van der Waals surface area contributed by atoms with Crippen LogP contribution in [0, 0.1) is 5.41 Å². The zero-order valence-electron chi connectivity index (χ0n) is 11.9. The van der Waals surface area contributed by atoms with Crippen molar-refractivity contribution in [1.82, 2.24) is 0 Å². The molecule has 1 aromatic carbocycles. The lowest BCUT2D eigenvalue weighted by Crippen LogP contribution is -2.31. The standard InChI is InChI=1S/C15H25NO/c1-11(14(17)15(2,3)4)12-7-9-13(10-8-12)16(5)6/h7-11,14,17H,1-6H3.